The molecule has 0 saturated carbocycles. The molecule has 276 valence electrons. The van der Waals surface area contributed by atoms with Gasteiger partial charge in [0.05, 0.1) is 22.1 Å². The molecule has 1 heterocycles. The van der Waals surface area contributed by atoms with Crippen molar-refractivity contribution in [3.63, 3.8) is 0 Å². The van der Waals surface area contributed by atoms with Crippen LogP contribution in [0, 0.1) is 0 Å². The maximum Gasteiger partial charge on any atom is 0.0714 e. The summed E-state index contributed by atoms with van der Waals surface area (Å²) in [6.45, 7) is 0. The number of hydrogen-bond donors (Lipinski definition) is 0. The highest BCUT2D eigenvalue weighted by atomic mass is 15.1. The Kier molecular flexibility index (Phi) is 7.48. The first-order chi connectivity index (χ1) is 29.3. The average Bonchev–Trinajstić information content (AvgIpc) is 3.78. The summed E-state index contributed by atoms with van der Waals surface area (Å²) in [4.78, 5) is 2.43. The third kappa shape index (κ3) is 5.00. The lowest BCUT2D eigenvalue weighted by Crippen LogP contribution is -2.28. The van der Waals surface area contributed by atoms with Crippen molar-refractivity contribution < 1.29 is 0 Å². The summed E-state index contributed by atoms with van der Waals surface area (Å²) in [6, 6.07) is 84.9. The second-order valence-corrected chi connectivity index (χ2v) is 15.7. The summed E-state index contributed by atoms with van der Waals surface area (Å²) >= 11 is 0. The Balaban J connectivity index is 1.12. The van der Waals surface area contributed by atoms with Crippen molar-refractivity contribution in [3.05, 3.63) is 253 Å². The van der Waals surface area contributed by atoms with Crippen LogP contribution in [-0.2, 0) is 5.41 Å². The second kappa shape index (κ2) is 13.2. The molecule has 1 aliphatic rings. The molecule has 0 spiro atoms. The Hall–Kier alpha value is -7.68. The highest BCUT2D eigenvalue weighted by molar-refractivity contribution is 6.12. The van der Waals surface area contributed by atoms with Crippen LogP contribution in [0.5, 0.6) is 0 Å². The lowest BCUT2D eigenvalue weighted by atomic mass is 9.67. The molecule has 2 heteroatoms. The van der Waals surface area contributed by atoms with Crippen molar-refractivity contribution in [2.45, 2.75) is 5.41 Å². The molecule has 12 rings (SSSR count). The Bertz CT molecular complexity index is 3340. The van der Waals surface area contributed by atoms with Crippen molar-refractivity contribution in [1.29, 1.82) is 0 Å². The Labute approximate surface area is 343 Å². The standard InChI is InChI=1S/C57H38N2/c1-4-21-42(22-5-1)57(43-23-6-2-7-24-43)52-36-41-19-11-10-18-40(41)35-50(52)48-33-31-46(38-53(48)57)58(44-25-8-3-9-26-44)45-32-34-56-51(37-45)49-28-14-15-29-55(49)59(56)54-30-16-20-39-17-12-13-27-47(39)54/h1-38H. The molecule has 10 aromatic carbocycles. The molecule has 59 heavy (non-hydrogen) atoms. The van der Waals surface area contributed by atoms with Crippen LogP contribution in [0.15, 0.2) is 231 Å². The maximum atomic E-state index is 2.47. The van der Waals surface area contributed by atoms with Gasteiger partial charge in [-0.15, -0.1) is 0 Å². The van der Waals surface area contributed by atoms with Crippen LogP contribution in [0.2, 0.25) is 0 Å². The summed E-state index contributed by atoms with van der Waals surface area (Å²) in [6.07, 6.45) is 0. The predicted molar refractivity (Wildman–Crippen MR) is 248 cm³/mol. The molecule has 0 radical (unpaired) electrons. The van der Waals surface area contributed by atoms with Crippen LogP contribution in [0.25, 0.3) is 60.2 Å². The highest BCUT2D eigenvalue weighted by Gasteiger charge is 2.46. The van der Waals surface area contributed by atoms with Crippen molar-refractivity contribution in [1.82, 2.24) is 4.57 Å². The van der Waals surface area contributed by atoms with Gasteiger partial charge in [-0.1, -0.05) is 164 Å². The van der Waals surface area contributed by atoms with Gasteiger partial charge in [0.1, 0.15) is 0 Å². The van der Waals surface area contributed by atoms with Crippen LogP contribution >= 0.6 is 0 Å². The fourth-order valence-electron chi connectivity index (χ4n) is 10.1. The molecule has 0 unspecified atom stereocenters. The fraction of sp³-hybridized carbons (Fsp3) is 0.0175. The number of anilines is 3. The van der Waals surface area contributed by atoms with Gasteiger partial charge < -0.3 is 9.47 Å². The van der Waals surface area contributed by atoms with Crippen LogP contribution in [0.4, 0.5) is 17.1 Å². The monoisotopic (exact) mass is 750 g/mol. The molecular weight excluding hydrogens is 713 g/mol. The number of nitrogens with zero attached hydrogens (tertiary/aromatic N) is 2. The zero-order valence-corrected chi connectivity index (χ0v) is 32.3. The van der Waals surface area contributed by atoms with E-state index in [1.165, 1.54) is 82.4 Å². The normalized spacial score (nSPS) is 12.9. The first-order valence-electron chi connectivity index (χ1n) is 20.4. The van der Waals surface area contributed by atoms with E-state index in [2.05, 4.69) is 240 Å². The number of fused-ring (bicyclic) bond motifs is 8. The van der Waals surface area contributed by atoms with Crippen molar-refractivity contribution >= 4 is 60.4 Å². The molecule has 0 atom stereocenters. The molecule has 2 nitrogen and oxygen atoms in total. The summed E-state index contributed by atoms with van der Waals surface area (Å²) in [7, 11) is 0. The van der Waals surface area contributed by atoms with E-state index in [4.69, 9.17) is 0 Å². The third-order valence-corrected chi connectivity index (χ3v) is 12.6. The lowest BCUT2D eigenvalue weighted by Gasteiger charge is -2.35. The molecule has 0 N–H and O–H groups in total. The summed E-state index contributed by atoms with van der Waals surface area (Å²) in [5, 5.41) is 7.42. The minimum atomic E-state index is -0.536. The first kappa shape index (κ1) is 33.5. The van der Waals surface area contributed by atoms with E-state index in [9.17, 15) is 0 Å². The molecule has 1 aliphatic carbocycles. The third-order valence-electron chi connectivity index (χ3n) is 12.6. The van der Waals surface area contributed by atoms with Crippen LogP contribution in [0.1, 0.15) is 22.3 Å². The Morgan fingerprint density at radius 2 is 0.864 bits per heavy atom. The number of benzene rings is 10. The van der Waals surface area contributed by atoms with Gasteiger partial charge in [-0.05, 0) is 116 Å². The van der Waals surface area contributed by atoms with Crippen molar-refractivity contribution in [3.8, 4) is 16.8 Å². The zero-order chi connectivity index (χ0) is 38.9. The molecule has 1 aromatic heterocycles. The van der Waals surface area contributed by atoms with Gasteiger partial charge in [-0.3, -0.25) is 0 Å². The summed E-state index contributed by atoms with van der Waals surface area (Å²) in [5.74, 6) is 0. The minimum Gasteiger partial charge on any atom is -0.310 e. The number of rotatable bonds is 6. The van der Waals surface area contributed by atoms with E-state index in [1.807, 2.05) is 0 Å². The predicted octanol–water partition coefficient (Wildman–Crippen LogP) is 14.9. The molecular formula is C57H38N2. The molecule has 11 aromatic rings. The van der Waals surface area contributed by atoms with Crippen LogP contribution in [-0.4, -0.2) is 4.57 Å². The average molecular weight is 751 g/mol. The summed E-state index contributed by atoms with van der Waals surface area (Å²) < 4.78 is 2.44. The quantitative estimate of drug-likeness (QED) is 0.164. The molecule has 0 saturated heterocycles. The van der Waals surface area contributed by atoms with Gasteiger partial charge in [0.15, 0.2) is 0 Å². The van der Waals surface area contributed by atoms with E-state index in [-0.39, 0.29) is 0 Å². The molecule has 0 bridgehead atoms. The second-order valence-electron chi connectivity index (χ2n) is 15.7. The maximum absolute atomic E-state index is 2.47. The molecule has 0 fully saturated rings. The van der Waals surface area contributed by atoms with E-state index in [1.54, 1.807) is 0 Å². The van der Waals surface area contributed by atoms with Crippen LogP contribution in [0.3, 0.4) is 0 Å². The van der Waals surface area contributed by atoms with Gasteiger partial charge in [-0.2, -0.15) is 0 Å². The van der Waals surface area contributed by atoms with Gasteiger partial charge in [0.25, 0.3) is 0 Å². The van der Waals surface area contributed by atoms with E-state index in [0.29, 0.717) is 0 Å². The van der Waals surface area contributed by atoms with Gasteiger partial charge >= 0.3 is 0 Å². The van der Waals surface area contributed by atoms with E-state index >= 15 is 0 Å². The van der Waals surface area contributed by atoms with Crippen LogP contribution < -0.4 is 4.90 Å². The van der Waals surface area contributed by atoms with Crippen molar-refractivity contribution in [2.75, 3.05) is 4.90 Å². The topological polar surface area (TPSA) is 8.17 Å². The van der Waals surface area contributed by atoms with E-state index < -0.39 is 5.41 Å². The minimum absolute atomic E-state index is 0.536. The SMILES string of the molecule is c1ccc(N(c2ccc3c(c2)C(c2ccccc2)(c2ccccc2)c2cc4ccccc4cc2-3)c2ccc3c(c2)c2ccccc2n3-c2cccc3ccccc23)cc1. The number of para-hydroxylation sites is 2. The Morgan fingerprint density at radius 1 is 0.322 bits per heavy atom. The smallest absolute Gasteiger partial charge is 0.0714 e. The highest BCUT2D eigenvalue weighted by Crippen LogP contribution is 2.58. The summed E-state index contributed by atoms with van der Waals surface area (Å²) in [5.41, 5.74) is 14.0. The number of aromatic nitrogens is 1. The van der Waals surface area contributed by atoms with Gasteiger partial charge in [0, 0.05) is 33.2 Å². The van der Waals surface area contributed by atoms with Gasteiger partial charge in [0.2, 0.25) is 0 Å². The fourth-order valence-corrected chi connectivity index (χ4v) is 10.1. The van der Waals surface area contributed by atoms with Gasteiger partial charge in [-0.25, -0.2) is 0 Å². The number of hydrogen-bond acceptors (Lipinski definition) is 1. The van der Waals surface area contributed by atoms with Crippen molar-refractivity contribution in [2.24, 2.45) is 0 Å². The molecule has 0 aliphatic heterocycles. The van der Waals surface area contributed by atoms with E-state index in [0.717, 1.165) is 17.1 Å². The first-order valence-corrected chi connectivity index (χ1v) is 20.4. The zero-order valence-electron chi connectivity index (χ0n) is 32.3. The largest absolute Gasteiger partial charge is 0.310 e. The lowest BCUT2D eigenvalue weighted by molar-refractivity contribution is 0.769. The molecule has 0 amide bonds. The Morgan fingerprint density at radius 3 is 1.61 bits per heavy atom.